The van der Waals surface area contributed by atoms with Crippen LogP contribution in [-0.4, -0.2) is 35.3 Å². The van der Waals surface area contributed by atoms with E-state index >= 15 is 0 Å². The van der Waals surface area contributed by atoms with Crippen LogP contribution in [0.2, 0.25) is 0 Å². The number of nitrogens with zero attached hydrogens (tertiary/aromatic N) is 2. The maximum absolute atomic E-state index is 13.4. The predicted octanol–water partition coefficient (Wildman–Crippen LogP) is 4.38. The fraction of sp³-hybridized carbons (Fsp3) is 0.318. The number of carbonyl (C=O) groups is 1. The van der Waals surface area contributed by atoms with Gasteiger partial charge in [-0.05, 0) is 43.2 Å². The normalized spacial score (nSPS) is 14.8. The van der Waals surface area contributed by atoms with Crippen molar-refractivity contribution in [2.45, 2.75) is 31.7 Å². The van der Waals surface area contributed by atoms with E-state index in [0.717, 1.165) is 25.0 Å². The maximum atomic E-state index is 13.4. The molecule has 3 heterocycles. The summed E-state index contributed by atoms with van der Waals surface area (Å²) in [5, 5.41) is 6.40. The molecule has 0 atom stereocenters. The molecule has 33 heavy (non-hydrogen) atoms. The van der Waals surface area contributed by atoms with Crippen LogP contribution in [0, 0.1) is 5.82 Å². The van der Waals surface area contributed by atoms with Gasteiger partial charge >= 0.3 is 6.18 Å². The molecule has 7 nitrogen and oxygen atoms in total. The molecule has 1 aliphatic rings. The minimum absolute atomic E-state index is 0.0111. The molecule has 0 saturated carbocycles. The summed E-state index contributed by atoms with van der Waals surface area (Å²) in [6.07, 6.45) is -2.08. The van der Waals surface area contributed by atoms with Gasteiger partial charge in [0, 0.05) is 37.1 Å². The highest BCUT2D eigenvalue weighted by molar-refractivity contribution is 5.94. The molecule has 1 aromatic carbocycles. The zero-order valence-corrected chi connectivity index (χ0v) is 17.2. The van der Waals surface area contributed by atoms with Gasteiger partial charge in [-0.3, -0.25) is 4.79 Å². The fourth-order valence-corrected chi connectivity index (χ4v) is 3.36. The summed E-state index contributed by atoms with van der Waals surface area (Å²) in [7, 11) is 0. The SMILES string of the molecule is O=C(NC1CCOCC1)c1ccc(OCc2c(-c3ccc(F)cc3)noc2C(F)(F)F)nc1. The van der Waals surface area contributed by atoms with Crippen molar-refractivity contribution < 1.29 is 36.4 Å². The number of pyridine rings is 1. The second-order valence-corrected chi connectivity index (χ2v) is 7.38. The van der Waals surface area contributed by atoms with Gasteiger partial charge in [-0.25, -0.2) is 9.37 Å². The summed E-state index contributed by atoms with van der Waals surface area (Å²) in [5.41, 5.74) is 0.0659. The molecule has 1 fully saturated rings. The number of hydrogen-bond acceptors (Lipinski definition) is 6. The molecule has 0 radical (unpaired) electrons. The van der Waals surface area contributed by atoms with E-state index in [4.69, 9.17) is 9.47 Å². The van der Waals surface area contributed by atoms with Crippen LogP contribution < -0.4 is 10.1 Å². The van der Waals surface area contributed by atoms with E-state index in [-0.39, 0.29) is 34.6 Å². The van der Waals surface area contributed by atoms with Gasteiger partial charge in [-0.2, -0.15) is 13.2 Å². The number of halogens is 4. The lowest BCUT2D eigenvalue weighted by atomic mass is 10.1. The number of alkyl halides is 3. The number of aromatic nitrogens is 2. The molecule has 0 aliphatic carbocycles. The Hall–Kier alpha value is -3.47. The van der Waals surface area contributed by atoms with Crippen LogP contribution in [-0.2, 0) is 17.5 Å². The van der Waals surface area contributed by atoms with Gasteiger partial charge in [0.15, 0.2) is 0 Å². The molecular formula is C22H19F4N3O4. The Labute approximate surface area is 185 Å². The van der Waals surface area contributed by atoms with Crippen molar-refractivity contribution in [2.24, 2.45) is 0 Å². The van der Waals surface area contributed by atoms with Gasteiger partial charge in [-0.1, -0.05) is 5.16 Å². The lowest BCUT2D eigenvalue weighted by Gasteiger charge is -2.23. The third-order valence-electron chi connectivity index (χ3n) is 5.08. The fourth-order valence-electron chi connectivity index (χ4n) is 3.36. The maximum Gasteiger partial charge on any atom is 0.452 e. The monoisotopic (exact) mass is 465 g/mol. The first-order chi connectivity index (χ1) is 15.8. The second kappa shape index (κ2) is 9.57. The van der Waals surface area contributed by atoms with Crippen molar-refractivity contribution >= 4 is 5.91 Å². The van der Waals surface area contributed by atoms with Crippen molar-refractivity contribution in [3.8, 4) is 17.1 Å². The largest absolute Gasteiger partial charge is 0.473 e. The number of amides is 1. The minimum Gasteiger partial charge on any atom is -0.473 e. The van der Waals surface area contributed by atoms with Gasteiger partial charge in [0.25, 0.3) is 5.91 Å². The zero-order chi connectivity index (χ0) is 23.4. The van der Waals surface area contributed by atoms with Crippen molar-refractivity contribution in [3.63, 3.8) is 0 Å². The van der Waals surface area contributed by atoms with Crippen LogP contribution in [0.3, 0.4) is 0 Å². The Bertz CT molecular complexity index is 1090. The summed E-state index contributed by atoms with van der Waals surface area (Å²) < 4.78 is 68.6. The number of rotatable bonds is 6. The predicted molar refractivity (Wildman–Crippen MR) is 107 cm³/mol. The van der Waals surface area contributed by atoms with Crippen LogP contribution in [0.1, 0.15) is 34.5 Å². The molecule has 1 amide bonds. The number of hydrogen-bond donors (Lipinski definition) is 1. The lowest BCUT2D eigenvalue weighted by molar-refractivity contribution is -0.156. The first kappa shape index (κ1) is 22.7. The average Bonchev–Trinajstić information content (AvgIpc) is 3.24. The summed E-state index contributed by atoms with van der Waals surface area (Å²) in [5.74, 6) is -2.15. The Morgan fingerprint density at radius 1 is 1.12 bits per heavy atom. The van der Waals surface area contributed by atoms with Crippen molar-refractivity contribution in [2.75, 3.05) is 13.2 Å². The van der Waals surface area contributed by atoms with Crippen LogP contribution >= 0.6 is 0 Å². The molecule has 11 heteroatoms. The van der Waals surface area contributed by atoms with Crippen LogP contribution in [0.25, 0.3) is 11.3 Å². The van der Waals surface area contributed by atoms with Gasteiger partial charge in [0.1, 0.15) is 18.1 Å². The van der Waals surface area contributed by atoms with Gasteiger partial charge < -0.3 is 19.3 Å². The molecular weight excluding hydrogens is 446 g/mol. The van der Waals surface area contributed by atoms with E-state index in [2.05, 4.69) is 20.0 Å². The molecule has 1 aliphatic heterocycles. The highest BCUT2D eigenvalue weighted by Crippen LogP contribution is 2.37. The number of nitrogens with one attached hydrogen (secondary N) is 1. The topological polar surface area (TPSA) is 86.5 Å². The van der Waals surface area contributed by atoms with E-state index < -0.39 is 24.4 Å². The standard InChI is InChI=1S/C22H19F4N3O4/c23-15-4-1-13(2-5-15)19-17(20(33-29-19)22(24,25)26)12-32-18-6-3-14(11-27-18)21(30)28-16-7-9-31-10-8-16/h1-6,11,16H,7-10,12H2,(H,28,30). The van der Waals surface area contributed by atoms with Gasteiger partial charge in [0.2, 0.25) is 11.6 Å². The first-order valence-electron chi connectivity index (χ1n) is 10.1. The molecule has 3 aromatic rings. The van der Waals surface area contributed by atoms with Crippen LogP contribution in [0.15, 0.2) is 47.1 Å². The summed E-state index contributed by atoms with van der Waals surface area (Å²) >= 11 is 0. The second-order valence-electron chi connectivity index (χ2n) is 7.38. The number of ether oxygens (including phenoxy) is 2. The van der Waals surface area contributed by atoms with Crippen LogP contribution in [0.5, 0.6) is 5.88 Å². The van der Waals surface area contributed by atoms with Gasteiger partial charge in [-0.15, -0.1) is 0 Å². The summed E-state index contributed by atoms with van der Waals surface area (Å²) in [6, 6.07) is 7.66. The van der Waals surface area contributed by atoms with Crippen LogP contribution in [0.4, 0.5) is 17.6 Å². The quantitative estimate of drug-likeness (QED) is 0.544. The third kappa shape index (κ3) is 5.48. The Morgan fingerprint density at radius 3 is 2.48 bits per heavy atom. The van der Waals surface area contributed by atoms with E-state index in [1.165, 1.54) is 30.5 Å². The van der Waals surface area contributed by atoms with E-state index in [1.54, 1.807) is 0 Å². The highest BCUT2D eigenvalue weighted by Gasteiger charge is 2.40. The van der Waals surface area contributed by atoms with Crippen molar-refractivity contribution in [3.05, 3.63) is 65.3 Å². The lowest BCUT2D eigenvalue weighted by Crippen LogP contribution is -2.38. The van der Waals surface area contributed by atoms with E-state index in [1.807, 2.05) is 0 Å². The molecule has 1 saturated heterocycles. The molecule has 174 valence electrons. The van der Waals surface area contributed by atoms with Crippen molar-refractivity contribution in [1.29, 1.82) is 0 Å². The number of carbonyl (C=O) groups excluding carboxylic acids is 1. The van der Waals surface area contributed by atoms with E-state index in [0.29, 0.717) is 18.8 Å². The molecule has 0 unspecified atom stereocenters. The molecule has 1 N–H and O–H groups in total. The number of benzene rings is 1. The minimum atomic E-state index is -4.80. The Morgan fingerprint density at radius 2 is 1.85 bits per heavy atom. The Kier molecular flexibility index (Phi) is 6.59. The smallest absolute Gasteiger partial charge is 0.452 e. The summed E-state index contributed by atoms with van der Waals surface area (Å²) in [6.45, 7) is 0.614. The van der Waals surface area contributed by atoms with E-state index in [9.17, 15) is 22.4 Å². The summed E-state index contributed by atoms with van der Waals surface area (Å²) in [4.78, 5) is 16.4. The molecule has 0 spiro atoms. The van der Waals surface area contributed by atoms with Gasteiger partial charge in [0.05, 0.1) is 11.1 Å². The van der Waals surface area contributed by atoms with Crippen molar-refractivity contribution in [1.82, 2.24) is 15.5 Å². The third-order valence-corrected chi connectivity index (χ3v) is 5.08. The first-order valence-corrected chi connectivity index (χ1v) is 10.1. The molecule has 0 bridgehead atoms. The zero-order valence-electron chi connectivity index (χ0n) is 17.2. The molecule has 2 aromatic heterocycles. The average molecular weight is 465 g/mol. The highest BCUT2D eigenvalue weighted by atomic mass is 19.4. The molecule has 4 rings (SSSR count). The Balaban J connectivity index is 1.47.